The molecule has 2 heterocycles. The van der Waals surface area contributed by atoms with Gasteiger partial charge in [0, 0.05) is 25.4 Å². The van der Waals surface area contributed by atoms with Gasteiger partial charge >= 0.3 is 5.97 Å². The Hall–Kier alpha value is -2.40. The Morgan fingerprint density at radius 1 is 1.17 bits per heavy atom. The molecule has 8 nitrogen and oxygen atoms in total. The number of fused-ring (bicyclic) bond motifs is 1. The molecular formula is C26H33N3O5S2. The zero-order valence-electron chi connectivity index (χ0n) is 21.0. The molecule has 0 N–H and O–H groups in total. The molecule has 1 saturated heterocycles. The number of carbonyl (C=O) groups is 1. The largest absolute Gasteiger partial charge is 0.462 e. The Kier molecular flexibility index (Phi) is 8.71. The number of thioether (sulfide) groups is 1. The standard InChI is InChI=1S/C26H33N3O5S2/c1-4-28(5-2)36(31,32)22-13-14-24-23(16-22)27-26(29(24)17-21-8-7-15-34-21)35-18-19-9-11-20(12-10-19)25(30)33-6-3/h9-14,16,21H,4-8,15,17-18H2,1-3H3/t21-/m1/s1. The van der Waals surface area contributed by atoms with Gasteiger partial charge in [0.2, 0.25) is 10.0 Å². The Bertz CT molecular complexity index is 1300. The van der Waals surface area contributed by atoms with E-state index in [1.54, 1.807) is 43.0 Å². The minimum absolute atomic E-state index is 0.115. The van der Waals surface area contributed by atoms with Gasteiger partial charge in [-0.3, -0.25) is 0 Å². The van der Waals surface area contributed by atoms with Gasteiger partial charge < -0.3 is 14.0 Å². The summed E-state index contributed by atoms with van der Waals surface area (Å²) in [6.45, 7) is 8.07. The van der Waals surface area contributed by atoms with Crippen LogP contribution >= 0.6 is 11.8 Å². The summed E-state index contributed by atoms with van der Waals surface area (Å²) in [6, 6.07) is 12.6. The van der Waals surface area contributed by atoms with Gasteiger partial charge in [0.15, 0.2) is 5.16 Å². The Labute approximate surface area is 217 Å². The molecule has 2 aromatic carbocycles. The molecule has 3 aromatic rings. The topological polar surface area (TPSA) is 90.7 Å². The lowest BCUT2D eigenvalue weighted by atomic mass is 10.1. The van der Waals surface area contributed by atoms with E-state index in [1.807, 2.05) is 32.0 Å². The third kappa shape index (κ3) is 5.77. The first-order chi connectivity index (χ1) is 17.4. The van der Waals surface area contributed by atoms with Crippen molar-refractivity contribution in [3.8, 4) is 0 Å². The highest BCUT2D eigenvalue weighted by Crippen LogP contribution is 2.30. The van der Waals surface area contributed by atoms with E-state index >= 15 is 0 Å². The summed E-state index contributed by atoms with van der Waals surface area (Å²) in [4.78, 5) is 17.0. The van der Waals surface area contributed by atoms with Crippen LogP contribution in [0.15, 0.2) is 52.5 Å². The van der Waals surface area contributed by atoms with Crippen molar-refractivity contribution < 1.29 is 22.7 Å². The second-order valence-electron chi connectivity index (χ2n) is 8.59. The monoisotopic (exact) mass is 531 g/mol. The Balaban J connectivity index is 1.62. The number of esters is 1. The molecule has 0 aliphatic carbocycles. The molecule has 0 unspecified atom stereocenters. The molecule has 1 aromatic heterocycles. The number of rotatable bonds is 11. The van der Waals surface area contributed by atoms with Gasteiger partial charge in [0.05, 0.1) is 40.7 Å². The van der Waals surface area contributed by atoms with Gasteiger partial charge in [-0.05, 0) is 55.7 Å². The maximum Gasteiger partial charge on any atom is 0.338 e. The number of aromatic nitrogens is 2. The number of benzene rings is 2. The van der Waals surface area contributed by atoms with E-state index in [9.17, 15) is 13.2 Å². The van der Waals surface area contributed by atoms with Crippen LogP contribution in [0.5, 0.6) is 0 Å². The van der Waals surface area contributed by atoms with Gasteiger partial charge in [-0.2, -0.15) is 4.31 Å². The van der Waals surface area contributed by atoms with Gasteiger partial charge in [0.1, 0.15) is 0 Å². The second kappa shape index (κ2) is 11.8. The number of nitrogens with zero attached hydrogens (tertiary/aromatic N) is 3. The van der Waals surface area contributed by atoms with Gasteiger partial charge in [-0.25, -0.2) is 18.2 Å². The van der Waals surface area contributed by atoms with Crippen molar-refractivity contribution in [2.24, 2.45) is 0 Å². The van der Waals surface area contributed by atoms with Gasteiger partial charge in [-0.15, -0.1) is 0 Å². The highest BCUT2D eigenvalue weighted by molar-refractivity contribution is 7.98. The quantitative estimate of drug-likeness (QED) is 0.261. The predicted octanol–water partition coefficient (Wildman–Crippen LogP) is 4.71. The third-order valence-electron chi connectivity index (χ3n) is 6.27. The molecule has 1 atom stereocenters. The van der Waals surface area contributed by atoms with Crippen LogP contribution in [-0.2, 0) is 31.8 Å². The van der Waals surface area contributed by atoms with Crippen molar-refractivity contribution in [2.75, 3.05) is 26.3 Å². The number of hydrogen-bond donors (Lipinski definition) is 0. The van der Waals surface area contributed by atoms with E-state index in [2.05, 4.69) is 4.57 Å². The van der Waals surface area contributed by atoms with Crippen molar-refractivity contribution in [2.45, 2.75) is 62.1 Å². The van der Waals surface area contributed by atoms with Crippen LogP contribution in [0.3, 0.4) is 0 Å². The SMILES string of the molecule is CCOC(=O)c1ccc(CSc2nc3cc(S(=O)(=O)N(CC)CC)ccc3n2C[C@H]2CCCO2)cc1. The molecule has 0 radical (unpaired) electrons. The van der Waals surface area contributed by atoms with Crippen LogP contribution in [0.4, 0.5) is 0 Å². The number of sulfonamides is 1. The van der Waals surface area contributed by atoms with Crippen molar-refractivity contribution in [3.63, 3.8) is 0 Å². The van der Waals surface area contributed by atoms with E-state index in [0.717, 1.165) is 35.7 Å². The summed E-state index contributed by atoms with van der Waals surface area (Å²) in [5, 5.41) is 0.812. The smallest absolute Gasteiger partial charge is 0.338 e. The average molecular weight is 532 g/mol. The first-order valence-corrected chi connectivity index (χ1v) is 14.8. The van der Waals surface area contributed by atoms with E-state index < -0.39 is 10.0 Å². The first-order valence-electron chi connectivity index (χ1n) is 12.4. The minimum atomic E-state index is -3.57. The number of ether oxygens (including phenoxy) is 2. The fraction of sp³-hybridized carbons (Fsp3) is 0.462. The highest BCUT2D eigenvalue weighted by Gasteiger charge is 2.24. The molecule has 1 fully saturated rings. The normalized spacial score (nSPS) is 16.2. The molecule has 194 valence electrons. The van der Waals surface area contributed by atoms with Crippen LogP contribution in [-0.4, -0.2) is 60.7 Å². The molecule has 10 heteroatoms. The molecule has 4 rings (SSSR count). The van der Waals surface area contributed by atoms with Gasteiger partial charge in [-0.1, -0.05) is 37.7 Å². The summed E-state index contributed by atoms with van der Waals surface area (Å²) in [5.74, 6) is 0.327. The molecule has 0 spiro atoms. The van der Waals surface area contributed by atoms with E-state index in [4.69, 9.17) is 14.5 Å². The maximum atomic E-state index is 13.1. The molecule has 0 bridgehead atoms. The lowest BCUT2D eigenvalue weighted by Crippen LogP contribution is -2.30. The molecule has 1 aliphatic heterocycles. The molecule has 0 saturated carbocycles. The first kappa shape index (κ1) is 26.7. The van der Waals surface area contributed by atoms with Crippen molar-refractivity contribution in [3.05, 3.63) is 53.6 Å². The summed E-state index contributed by atoms with van der Waals surface area (Å²) in [7, 11) is -3.57. The van der Waals surface area contributed by atoms with E-state index in [1.165, 1.54) is 4.31 Å². The summed E-state index contributed by atoms with van der Waals surface area (Å²) in [6.07, 6.45) is 2.15. The Morgan fingerprint density at radius 2 is 1.92 bits per heavy atom. The van der Waals surface area contributed by atoms with Crippen LogP contribution in [0.25, 0.3) is 11.0 Å². The van der Waals surface area contributed by atoms with E-state index in [0.29, 0.717) is 43.1 Å². The number of imidazole rings is 1. The number of hydrogen-bond acceptors (Lipinski definition) is 7. The zero-order chi connectivity index (χ0) is 25.7. The lowest BCUT2D eigenvalue weighted by molar-refractivity contribution is 0.0526. The maximum absolute atomic E-state index is 13.1. The van der Waals surface area contributed by atoms with Crippen molar-refractivity contribution >= 4 is 38.8 Å². The minimum Gasteiger partial charge on any atom is -0.462 e. The van der Waals surface area contributed by atoms with Crippen LogP contribution in [0, 0.1) is 0 Å². The second-order valence-corrected chi connectivity index (χ2v) is 11.5. The zero-order valence-corrected chi connectivity index (χ0v) is 22.6. The molecule has 1 aliphatic rings. The lowest BCUT2D eigenvalue weighted by Gasteiger charge is -2.18. The predicted molar refractivity (Wildman–Crippen MR) is 141 cm³/mol. The Morgan fingerprint density at radius 3 is 2.56 bits per heavy atom. The van der Waals surface area contributed by atoms with Crippen LogP contribution in [0.1, 0.15) is 49.5 Å². The molecule has 36 heavy (non-hydrogen) atoms. The van der Waals surface area contributed by atoms with Crippen molar-refractivity contribution in [1.29, 1.82) is 0 Å². The molecular weight excluding hydrogens is 498 g/mol. The summed E-state index contributed by atoms with van der Waals surface area (Å²) in [5.41, 5.74) is 3.12. The van der Waals surface area contributed by atoms with Crippen molar-refractivity contribution in [1.82, 2.24) is 13.9 Å². The third-order valence-corrected chi connectivity index (χ3v) is 9.36. The fourth-order valence-electron chi connectivity index (χ4n) is 4.34. The fourth-order valence-corrected chi connectivity index (χ4v) is 6.80. The molecule has 0 amide bonds. The summed E-state index contributed by atoms with van der Waals surface area (Å²) < 4.78 is 40.7. The van der Waals surface area contributed by atoms with Gasteiger partial charge in [0.25, 0.3) is 0 Å². The number of carbonyl (C=O) groups excluding carboxylic acids is 1. The van der Waals surface area contributed by atoms with E-state index in [-0.39, 0.29) is 17.0 Å². The summed E-state index contributed by atoms with van der Waals surface area (Å²) >= 11 is 1.58. The average Bonchev–Trinajstić information content (AvgIpc) is 3.51. The highest BCUT2D eigenvalue weighted by atomic mass is 32.2. The van der Waals surface area contributed by atoms with Crippen LogP contribution in [0.2, 0.25) is 0 Å². The van der Waals surface area contributed by atoms with Crippen LogP contribution < -0.4 is 0 Å².